The molecule has 2 saturated heterocycles. The number of likely N-dealkylation sites (tertiary alicyclic amines) is 1. The Morgan fingerprint density at radius 3 is 2.46 bits per heavy atom. The van der Waals surface area contributed by atoms with E-state index in [4.69, 9.17) is 0 Å². The van der Waals surface area contributed by atoms with Gasteiger partial charge in [-0.15, -0.1) is 0 Å². The Balaban J connectivity index is 1.48. The molecule has 3 fully saturated rings. The van der Waals surface area contributed by atoms with Gasteiger partial charge in [-0.2, -0.15) is 0 Å². The largest absolute Gasteiger partial charge is 0.339 e. The number of hydrogen-bond donors (Lipinski definition) is 0. The Bertz CT molecular complexity index is 708. The third-order valence-electron chi connectivity index (χ3n) is 6.83. The summed E-state index contributed by atoms with van der Waals surface area (Å²) in [6.07, 6.45) is 7.97. The van der Waals surface area contributed by atoms with E-state index in [9.17, 15) is 9.59 Å². The molecule has 2 heterocycles. The molecule has 0 spiro atoms. The Labute approximate surface area is 156 Å². The molecule has 140 valence electrons. The van der Waals surface area contributed by atoms with Crippen LogP contribution in [-0.2, 0) is 9.59 Å². The lowest BCUT2D eigenvalue weighted by molar-refractivity contribution is -0.141. The highest BCUT2D eigenvalue weighted by atomic mass is 16.2. The minimum absolute atomic E-state index is 0.00433. The van der Waals surface area contributed by atoms with E-state index in [1.807, 2.05) is 11.0 Å². The Morgan fingerprint density at radius 1 is 0.962 bits per heavy atom. The molecule has 0 radical (unpaired) electrons. The van der Waals surface area contributed by atoms with Crippen LogP contribution in [-0.4, -0.2) is 35.8 Å². The van der Waals surface area contributed by atoms with Gasteiger partial charge in [-0.1, -0.05) is 18.9 Å². The first-order chi connectivity index (χ1) is 12.6. The molecule has 1 aromatic carbocycles. The third kappa shape index (κ3) is 3.04. The fourth-order valence-corrected chi connectivity index (χ4v) is 5.16. The molecule has 0 aromatic heterocycles. The molecular formula is C22H30N2O2. The zero-order valence-corrected chi connectivity index (χ0v) is 16.0. The van der Waals surface area contributed by atoms with Crippen molar-refractivity contribution >= 4 is 17.5 Å². The number of anilines is 1. The molecule has 4 nitrogen and oxygen atoms in total. The molecular weight excluding hydrogens is 324 g/mol. The summed E-state index contributed by atoms with van der Waals surface area (Å²) in [4.78, 5) is 30.1. The monoisotopic (exact) mass is 354 g/mol. The van der Waals surface area contributed by atoms with Crippen LogP contribution < -0.4 is 4.90 Å². The van der Waals surface area contributed by atoms with Gasteiger partial charge in [0.25, 0.3) is 0 Å². The highest BCUT2D eigenvalue weighted by Crippen LogP contribution is 2.37. The number of amides is 2. The van der Waals surface area contributed by atoms with Crippen molar-refractivity contribution in [2.75, 3.05) is 18.0 Å². The van der Waals surface area contributed by atoms with Gasteiger partial charge in [0.1, 0.15) is 5.92 Å². The van der Waals surface area contributed by atoms with E-state index in [1.54, 1.807) is 0 Å². The van der Waals surface area contributed by atoms with Crippen molar-refractivity contribution in [2.24, 2.45) is 11.8 Å². The summed E-state index contributed by atoms with van der Waals surface area (Å²) >= 11 is 0. The van der Waals surface area contributed by atoms with Crippen LogP contribution in [0, 0.1) is 25.7 Å². The zero-order chi connectivity index (χ0) is 18.3. The molecule has 1 aromatic rings. The second-order valence-electron chi connectivity index (χ2n) is 8.39. The summed E-state index contributed by atoms with van der Waals surface area (Å²) in [5.41, 5.74) is 3.34. The van der Waals surface area contributed by atoms with Gasteiger partial charge in [-0.25, -0.2) is 0 Å². The normalized spacial score (nSPS) is 26.9. The van der Waals surface area contributed by atoms with Crippen LogP contribution in [0.3, 0.4) is 0 Å². The Kier molecular flexibility index (Phi) is 4.76. The molecule has 3 aliphatic rings. The van der Waals surface area contributed by atoms with E-state index >= 15 is 0 Å². The number of hydrogen-bond acceptors (Lipinski definition) is 2. The molecule has 26 heavy (non-hydrogen) atoms. The first-order valence-electron chi connectivity index (χ1n) is 10.3. The van der Waals surface area contributed by atoms with Gasteiger partial charge in [0, 0.05) is 24.8 Å². The predicted octanol–water partition coefficient (Wildman–Crippen LogP) is 3.84. The first kappa shape index (κ1) is 17.6. The number of nitrogens with zero attached hydrogens (tertiary/aromatic N) is 2. The topological polar surface area (TPSA) is 40.6 Å². The third-order valence-corrected chi connectivity index (χ3v) is 6.83. The Hall–Kier alpha value is -1.84. The van der Waals surface area contributed by atoms with Crippen molar-refractivity contribution in [1.82, 2.24) is 4.90 Å². The fraction of sp³-hybridized carbons (Fsp3) is 0.636. The molecule has 2 atom stereocenters. The van der Waals surface area contributed by atoms with Gasteiger partial charge in [0.15, 0.2) is 0 Å². The smallest absolute Gasteiger partial charge is 0.239 e. The van der Waals surface area contributed by atoms with E-state index in [1.165, 1.54) is 36.8 Å². The summed E-state index contributed by atoms with van der Waals surface area (Å²) < 4.78 is 0. The number of carbonyl (C=O) groups excluding carboxylic acids is 2. The average Bonchev–Trinajstić information content (AvgIpc) is 3.36. The minimum Gasteiger partial charge on any atom is -0.339 e. The van der Waals surface area contributed by atoms with E-state index < -0.39 is 5.92 Å². The molecule has 0 N–H and O–H groups in total. The van der Waals surface area contributed by atoms with Crippen LogP contribution >= 0.6 is 0 Å². The number of carbonyl (C=O) groups is 2. The van der Waals surface area contributed by atoms with Crippen LogP contribution in [0.1, 0.15) is 56.1 Å². The maximum atomic E-state index is 13.2. The lowest BCUT2D eigenvalue weighted by Crippen LogP contribution is -2.44. The average molecular weight is 354 g/mol. The lowest BCUT2D eigenvalue weighted by Gasteiger charge is -2.31. The van der Waals surface area contributed by atoms with Gasteiger partial charge >= 0.3 is 0 Å². The molecule has 1 aliphatic carbocycles. The molecule has 0 bridgehead atoms. The fourth-order valence-electron chi connectivity index (χ4n) is 5.16. The van der Waals surface area contributed by atoms with Crippen molar-refractivity contribution in [3.8, 4) is 0 Å². The van der Waals surface area contributed by atoms with Crippen LogP contribution in [0.15, 0.2) is 18.2 Å². The van der Waals surface area contributed by atoms with Gasteiger partial charge in [0.2, 0.25) is 11.8 Å². The van der Waals surface area contributed by atoms with Crippen LogP contribution in [0.25, 0.3) is 0 Å². The summed E-state index contributed by atoms with van der Waals surface area (Å²) in [6, 6.07) is 6.51. The van der Waals surface area contributed by atoms with Crippen LogP contribution in [0.4, 0.5) is 5.69 Å². The van der Waals surface area contributed by atoms with E-state index in [0.717, 1.165) is 25.1 Å². The molecule has 4 heteroatoms. The van der Waals surface area contributed by atoms with Crippen molar-refractivity contribution in [2.45, 2.75) is 64.8 Å². The molecule has 2 unspecified atom stereocenters. The number of rotatable bonds is 3. The maximum Gasteiger partial charge on any atom is 0.239 e. The standard InChI is InChI=1S/C22H30N2O2/c1-15-9-10-18(14-16(15)2)23-13-11-19(21(23)25)22(26)24-12-5-8-20(24)17-6-3-4-7-17/h9-10,14,17,19-20H,3-8,11-13H2,1-2H3. The van der Waals surface area contributed by atoms with Crippen LogP contribution in [0.2, 0.25) is 0 Å². The second kappa shape index (κ2) is 7.05. The van der Waals surface area contributed by atoms with Crippen molar-refractivity contribution in [1.29, 1.82) is 0 Å². The van der Waals surface area contributed by atoms with E-state index in [-0.39, 0.29) is 11.8 Å². The summed E-state index contributed by atoms with van der Waals surface area (Å²) in [7, 11) is 0. The quantitative estimate of drug-likeness (QED) is 0.774. The minimum atomic E-state index is -0.474. The molecule has 2 aliphatic heterocycles. The maximum absolute atomic E-state index is 13.2. The number of aryl methyl sites for hydroxylation is 2. The van der Waals surface area contributed by atoms with E-state index in [2.05, 4.69) is 30.9 Å². The first-order valence-corrected chi connectivity index (χ1v) is 10.3. The predicted molar refractivity (Wildman–Crippen MR) is 103 cm³/mol. The van der Waals surface area contributed by atoms with Gasteiger partial charge in [-0.05, 0) is 75.1 Å². The van der Waals surface area contributed by atoms with Crippen LogP contribution in [0.5, 0.6) is 0 Å². The summed E-state index contributed by atoms with van der Waals surface area (Å²) in [5.74, 6) is 0.276. The summed E-state index contributed by atoms with van der Waals surface area (Å²) in [5, 5.41) is 0. The zero-order valence-electron chi connectivity index (χ0n) is 16.0. The van der Waals surface area contributed by atoms with Gasteiger partial charge in [0.05, 0.1) is 0 Å². The Morgan fingerprint density at radius 2 is 1.73 bits per heavy atom. The van der Waals surface area contributed by atoms with Crippen molar-refractivity contribution in [3.63, 3.8) is 0 Å². The SMILES string of the molecule is Cc1ccc(N2CCC(C(=O)N3CCCC3C3CCCC3)C2=O)cc1C. The lowest BCUT2D eigenvalue weighted by atomic mass is 9.95. The van der Waals surface area contributed by atoms with E-state index in [0.29, 0.717) is 24.9 Å². The molecule has 4 rings (SSSR count). The number of benzene rings is 1. The molecule has 1 saturated carbocycles. The second-order valence-corrected chi connectivity index (χ2v) is 8.39. The van der Waals surface area contributed by atoms with Crippen molar-refractivity contribution in [3.05, 3.63) is 29.3 Å². The van der Waals surface area contributed by atoms with Gasteiger partial charge < -0.3 is 9.80 Å². The highest BCUT2D eigenvalue weighted by molar-refractivity contribution is 6.09. The van der Waals surface area contributed by atoms with Gasteiger partial charge in [-0.3, -0.25) is 9.59 Å². The summed E-state index contributed by atoms with van der Waals surface area (Å²) in [6.45, 7) is 5.64. The molecule has 2 amide bonds. The van der Waals surface area contributed by atoms with Crippen molar-refractivity contribution < 1.29 is 9.59 Å². The highest BCUT2D eigenvalue weighted by Gasteiger charge is 2.44.